The van der Waals surface area contributed by atoms with E-state index in [0.717, 1.165) is 11.8 Å². The molecule has 0 bridgehead atoms. The molecule has 1 aromatic rings. The largest absolute Gasteiger partial charge is 0.497 e. The van der Waals surface area contributed by atoms with Crippen LogP contribution in [0.3, 0.4) is 0 Å². The predicted octanol–water partition coefficient (Wildman–Crippen LogP) is 1.65. The van der Waals surface area contributed by atoms with Gasteiger partial charge in [-0.1, -0.05) is 0 Å². The molecule has 0 saturated carbocycles. The van der Waals surface area contributed by atoms with Crippen molar-refractivity contribution in [2.75, 3.05) is 26.6 Å². The number of nitriles is 3. The van der Waals surface area contributed by atoms with Gasteiger partial charge in [0.15, 0.2) is 0 Å². The number of methoxy groups -OCH3 is 2. The number of ether oxygens (including phenoxy) is 3. The fourth-order valence-electron chi connectivity index (χ4n) is 2.71. The third-order valence-corrected chi connectivity index (χ3v) is 5.12. The monoisotopic (exact) mass is 384 g/mol. The molecule has 1 aliphatic heterocycles. The van der Waals surface area contributed by atoms with E-state index >= 15 is 0 Å². The molecule has 0 radical (unpaired) electrons. The molecule has 1 heterocycles. The fraction of sp³-hybridized carbons (Fsp3) is 0.278. The van der Waals surface area contributed by atoms with Crippen LogP contribution in [0, 0.1) is 34.0 Å². The molecule has 0 fully saturated rings. The number of hydrogen-bond donors (Lipinski definition) is 2. The average Bonchev–Trinajstić information content (AvgIpc) is 2.99. The van der Waals surface area contributed by atoms with Crippen LogP contribution in [0.1, 0.15) is 5.56 Å². The van der Waals surface area contributed by atoms with Gasteiger partial charge in [0, 0.05) is 5.75 Å². The Bertz CT molecular complexity index is 920. The summed E-state index contributed by atoms with van der Waals surface area (Å²) in [6.45, 7) is -0.203. The zero-order chi connectivity index (χ0) is 20.0. The number of nitrogens with zero attached hydrogens (tertiary/aromatic N) is 3. The van der Waals surface area contributed by atoms with Crippen LogP contribution in [0.25, 0.3) is 0 Å². The Morgan fingerprint density at radius 1 is 1.26 bits per heavy atom. The van der Waals surface area contributed by atoms with Crippen LogP contribution in [-0.4, -0.2) is 31.7 Å². The van der Waals surface area contributed by atoms with Crippen molar-refractivity contribution in [3.63, 3.8) is 0 Å². The lowest BCUT2D eigenvalue weighted by Gasteiger charge is -2.32. The van der Waals surface area contributed by atoms with Gasteiger partial charge >= 0.3 is 0 Å². The van der Waals surface area contributed by atoms with Crippen molar-refractivity contribution in [1.29, 1.82) is 15.8 Å². The van der Waals surface area contributed by atoms with Gasteiger partial charge in [0.1, 0.15) is 40.9 Å². The standard InChI is InChI=1S/C18H16N4O4S/c1-24-12-3-4-15(25-2)14(7-12)18(27-6-5-23)16(11(8-19)9-20)13(10-21)17(22)26-18/h3-4,7,23H,5-6,22H2,1-2H3/t18-/m0/s1. The Morgan fingerprint density at radius 2 is 1.96 bits per heavy atom. The van der Waals surface area contributed by atoms with Crippen molar-refractivity contribution in [2.24, 2.45) is 5.73 Å². The van der Waals surface area contributed by atoms with Gasteiger partial charge in [-0.15, -0.1) is 11.8 Å². The molecule has 1 atom stereocenters. The minimum atomic E-state index is -1.53. The molecular weight excluding hydrogens is 368 g/mol. The van der Waals surface area contributed by atoms with Crippen LogP contribution in [0.5, 0.6) is 11.5 Å². The molecule has 0 amide bonds. The van der Waals surface area contributed by atoms with Gasteiger partial charge < -0.3 is 25.1 Å². The molecule has 1 aromatic carbocycles. The van der Waals surface area contributed by atoms with Crippen LogP contribution < -0.4 is 15.2 Å². The quantitative estimate of drug-likeness (QED) is 0.699. The van der Waals surface area contributed by atoms with Crippen molar-refractivity contribution in [3.05, 3.63) is 46.4 Å². The minimum absolute atomic E-state index is 0.0255. The normalized spacial score (nSPS) is 18.1. The number of aliphatic hydroxyl groups excluding tert-OH is 1. The van der Waals surface area contributed by atoms with Crippen LogP contribution in [0.15, 0.2) is 40.8 Å². The zero-order valence-electron chi connectivity index (χ0n) is 14.6. The first-order valence-corrected chi connectivity index (χ1v) is 8.63. The zero-order valence-corrected chi connectivity index (χ0v) is 15.5. The van der Waals surface area contributed by atoms with Gasteiger partial charge in [-0.3, -0.25) is 0 Å². The molecule has 0 aromatic heterocycles. The maximum absolute atomic E-state index is 9.54. The molecule has 0 unspecified atom stereocenters. The molecule has 0 spiro atoms. The van der Waals surface area contributed by atoms with Crippen molar-refractivity contribution in [3.8, 4) is 29.7 Å². The SMILES string of the molecule is COc1ccc(OC)c([C@@]2(SCCO)OC(N)=C(C#N)C2=C(C#N)C#N)c1. The van der Waals surface area contributed by atoms with Crippen LogP contribution in [-0.2, 0) is 9.67 Å². The number of hydrogen-bond acceptors (Lipinski definition) is 9. The van der Waals surface area contributed by atoms with E-state index in [1.807, 2.05) is 6.07 Å². The van der Waals surface area contributed by atoms with Crippen molar-refractivity contribution in [1.82, 2.24) is 0 Å². The molecule has 27 heavy (non-hydrogen) atoms. The highest BCUT2D eigenvalue weighted by atomic mass is 32.2. The van der Waals surface area contributed by atoms with Gasteiger partial charge in [-0.2, -0.15) is 15.8 Å². The third kappa shape index (κ3) is 3.37. The number of nitrogens with two attached hydrogens (primary N) is 1. The lowest BCUT2D eigenvalue weighted by molar-refractivity contribution is 0.130. The Balaban J connectivity index is 2.91. The minimum Gasteiger partial charge on any atom is -0.497 e. The second-order valence-electron chi connectivity index (χ2n) is 5.18. The van der Waals surface area contributed by atoms with Gasteiger partial charge in [-0.25, -0.2) is 0 Å². The maximum Gasteiger partial charge on any atom is 0.214 e. The number of benzene rings is 1. The number of rotatable bonds is 6. The van der Waals surface area contributed by atoms with Crippen molar-refractivity contribution >= 4 is 11.8 Å². The third-order valence-electron chi connectivity index (χ3n) is 3.82. The molecule has 138 valence electrons. The van der Waals surface area contributed by atoms with E-state index < -0.39 is 4.93 Å². The van der Waals surface area contributed by atoms with Crippen LogP contribution in [0.2, 0.25) is 0 Å². The molecular formula is C18H16N4O4S. The molecule has 8 nitrogen and oxygen atoms in total. The van der Waals surface area contributed by atoms with Gasteiger partial charge in [0.25, 0.3) is 0 Å². The molecule has 1 aliphatic rings. The summed E-state index contributed by atoms with van der Waals surface area (Å²) in [5, 5.41) is 37.8. The average molecular weight is 384 g/mol. The predicted molar refractivity (Wildman–Crippen MR) is 96.9 cm³/mol. The summed E-state index contributed by atoms with van der Waals surface area (Å²) in [6.07, 6.45) is 0. The summed E-state index contributed by atoms with van der Waals surface area (Å²) in [6, 6.07) is 10.4. The first-order chi connectivity index (χ1) is 13.0. The van der Waals surface area contributed by atoms with Crippen molar-refractivity contribution < 1.29 is 19.3 Å². The second-order valence-corrected chi connectivity index (χ2v) is 6.45. The second kappa shape index (κ2) is 8.37. The summed E-state index contributed by atoms with van der Waals surface area (Å²) in [5.41, 5.74) is 5.91. The smallest absolute Gasteiger partial charge is 0.214 e. The topological polar surface area (TPSA) is 145 Å². The van der Waals surface area contributed by atoms with Gasteiger partial charge in [-0.05, 0) is 18.2 Å². The maximum atomic E-state index is 9.54. The fourth-order valence-corrected chi connectivity index (χ4v) is 3.90. The van der Waals surface area contributed by atoms with E-state index in [2.05, 4.69) is 0 Å². The summed E-state index contributed by atoms with van der Waals surface area (Å²) in [7, 11) is 2.93. The Morgan fingerprint density at radius 3 is 2.48 bits per heavy atom. The highest BCUT2D eigenvalue weighted by Gasteiger charge is 2.51. The summed E-state index contributed by atoms with van der Waals surface area (Å²) in [5.74, 6) is 0.809. The molecule has 3 N–H and O–H groups in total. The van der Waals surface area contributed by atoms with Crippen LogP contribution >= 0.6 is 11.8 Å². The first kappa shape index (κ1) is 20.0. The van der Waals surface area contributed by atoms with Crippen LogP contribution in [0.4, 0.5) is 0 Å². The Kier molecular flexibility index (Phi) is 6.20. The Hall–Kier alpha value is -3.32. The molecule has 2 rings (SSSR count). The van der Waals surface area contributed by atoms with E-state index in [-0.39, 0.29) is 35.0 Å². The van der Waals surface area contributed by atoms with E-state index in [1.165, 1.54) is 14.2 Å². The highest BCUT2D eigenvalue weighted by molar-refractivity contribution is 8.00. The lowest BCUT2D eigenvalue weighted by atomic mass is 9.92. The summed E-state index contributed by atoms with van der Waals surface area (Å²) >= 11 is 1.08. The summed E-state index contributed by atoms with van der Waals surface area (Å²) < 4.78 is 16.6. The molecule has 0 saturated heterocycles. The summed E-state index contributed by atoms with van der Waals surface area (Å²) in [4.78, 5) is -1.53. The van der Waals surface area contributed by atoms with E-state index in [1.54, 1.807) is 30.3 Å². The van der Waals surface area contributed by atoms with E-state index in [0.29, 0.717) is 17.1 Å². The Labute approximate surface area is 160 Å². The van der Waals surface area contributed by atoms with Gasteiger partial charge in [0.05, 0.1) is 32.0 Å². The number of allylic oxidation sites excluding steroid dienone is 1. The van der Waals surface area contributed by atoms with Crippen molar-refractivity contribution in [2.45, 2.75) is 4.93 Å². The van der Waals surface area contributed by atoms with E-state index in [9.17, 15) is 20.9 Å². The van der Waals surface area contributed by atoms with E-state index in [4.69, 9.17) is 19.9 Å². The number of thioether (sulfide) groups is 1. The lowest BCUT2D eigenvalue weighted by Crippen LogP contribution is -2.28. The first-order valence-electron chi connectivity index (χ1n) is 7.64. The highest BCUT2D eigenvalue weighted by Crippen LogP contribution is 2.56. The molecule has 9 heteroatoms. The van der Waals surface area contributed by atoms with Gasteiger partial charge in [0.2, 0.25) is 10.8 Å². The number of aliphatic hydroxyl groups is 1. The molecule has 0 aliphatic carbocycles.